The fourth-order valence-corrected chi connectivity index (χ4v) is 2.65. The van der Waals surface area contributed by atoms with Gasteiger partial charge in [-0.05, 0) is 43.7 Å². The lowest BCUT2D eigenvalue weighted by atomic mass is 10.1. The minimum atomic E-state index is 0.583. The zero-order valence-corrected chi connectivity index (χ0v) is 10.4. The first-order valence-electron chi connectivity index (χ1n) is 6.58. The smallest absolute Gasteiger partial charge is 0.0482 e. The molecular weight excluding hydrogens is 208 g/mol. The van der Waals surface area contributed by atoms with E-state index >= 15 is 0 Å². The Balaban J connectivity index is 0.000000193. The molecule has 1 aromatic heterocycles. The van der Waals surface area contributed by atoms with Gasteiger partial charge >= 0.3 is 0 Å². The Morgan fingerprint density at radius 1 is 1.18 bits per heavy atom. The number of aromatic nitrogens is 1. The molecule has 1 heterocycles. The van der Waals surface area contributed by atoms with Crippen LogP contribution < -0.4 is 5.73 Å². The Bertz CT molecular complexity index is 535. The van der Waals surface area contributed by atoms with Crippen LogP contribution in [-0.4, -0.2) is 10.6 Å². The molecule has 0 saturated heterocycles. The standard InChI is InChI=1S/C12H13N.C3H7N/c1-13-11-7-3-2-5-9(11)10-6-4-8-12(10)13;4-3-1-2-3/h2-3,5,7H,4,6,8H2,1H3;3H,1-2,4H2. The number of aryl methyl sites for hydroxylation is 2. The van der Waals surface area contributed by atoms with E-state index in [0.717, 1.165) is 0 Å². The molecule has 2 N–H and O–H groups in total. The number of benzene rings is 1. The molecule has 2 nitrogen and oxygen atoms in total. The predicted octanol–water partition coefficient (Wildman–Crippen LogP) is 2.77. The normalized spacial score (nSPS) is 17.8. The van der Waals surface area contributed by atoms with Gasteiger partial charge in [0.2, 0.25) is 0 Å². The Kier molecular flexibility index (Phi) is 2.67. The van der Waals surface area contributed by atoms with Crippen LogP contribution in [-0.2, 0) is 19.9 Å². The van der Waals surface area contributed by atoms with Crippen molar-refractivity contribution in [3.05, 3.63) is 35.5 Å². The van der Waals surface area contributed by atoms with Gasteiger partial charge in [-0.3, -0.25) is 0 Å². The van der Waals surface area contributed by atoms with Gasteiger partial charge in [0.15, 0.2) is 0 Å². The second-order valence-corrected chi connectivity index (χ2v) is 5.19. The molecule has 0 spiro atoms. The van der Waals surface area contributed by atoms with Crippen molar-refractivity contribution >= 4 is 10.9 Å². The Hall–Kier alpha value is -1.28. The first kappa shape index (κ1) is 10.8. The van der Waals surface area contributed by atoms with Crippen LogP contribution >= 0.6 is 0 Å². The summed E-state index contributed by atoms with van der Waals surface area (Å²) in [5.41, 5.74) is 9.77. The number of hydrogen-bond donors (Lipinski definition) is 1. The van der Waals surface area contributed by atoms with E-state index < -0.39 is 0 Å². The van der Waals surface area contributed by atoms with E-state index in [1.807, 2.05) is 0 Å². The molecule has 1 aromatic carbocycles. The van der Waals surface area contributed by atoms with Crippen LogP contribution in [0.15, 0.2) is 24.3 Å². The minimum Gasteiger partial charge on any atom is -0.347 e. The lowest BCUT2D eigenvalue weighted by Crippen LogP contribution is -1.94. The van der Waals surface area contributed by atoms with Crippen LogP contribution in [0.25, 0.3) is 10.9 Å². The lowest BCUT2D eigenvalue weighted by Gasteiger charge is -1.99. The van der Waals surface area contributed by atoms with Crippen molar-refractivity contribution in [2.75, 3.05) is 0 Å². The number of para-hydroxylation sites is 1. The van der Waals surface area contributed by atoms with E-state index in [-0.39, 0.29) is 0 Å². The highest BCUT2D eigenvalue weighted by Gasteiger charge is 2.18. The van der Waals surface area contributed by atoms with Gasteiger partial charge < -0.3 is 10.3 Å². The van der Waals surface area contributed by atoms with Gasteiger partial charge in [0, 0.05) is 29.7 Å². The number of fused-ring (bicyclic) bond motifs is 3. The molecule has 0 unspecified atom stereocenters. The van der Waals surface area contributed by atoms with Gasteiger partial charge in [-0.15, -0.1) is 0 Å². The SMILES string of the molecule is Cn1c2c(c3ccccc31)CCC2.NC1CC1. The van der Waals surface area contributed by atoms with Crippen LogP contribution in [0, 0.1) is 0 Å². The molecule has 2 aliphatic carbocycles. The largest absolute Gasteiger partial charge is 0.347 e. The first-order chi connectivity index (χ1) is 8.27. The molecule has 17 heavy (non-hydrogen) atoms. The fourth-order valence-electron chi connectivity index (χ4n) is 2.65. The van der Waals surface area contributed by atoms with Crippen molar-refractivity contribution in [2.24, 2.45) is 12.8 Å². The van der Waals surface area contributed by atoms with Gasteiger partial charge in [-0.25, -0.2) is 0 Å². The van der Waals surface area contributed by atoms with E-state index in [4.69, 9.17) is 5.73 Å². The van der Waals surface area contributed by atoms with Crippen LogP contribution in [0.4, 0.5) is 0 Å². The lowest BCUT2D eigenvalue weighted by molar-refractivity contribution is 0.831. The third-order valence-corrected chi connectivity index (χ3v) is 3.81. The monoisotopic (exact) mass is 228 g/mol. The molecule has 2 heteroatoms. The van der Waals surface area contributed by atoms with Crippen molar-refractivity contribution < 1.29 is 0 Å². The number of nitrogens with zero attached hydrogens (tertiary/aromatic N) is 1. The third-order valence-electron chi connectivity index (χ3n) is 3.81. The molecule has 1 saturated carbocycles. The fraction of sp³-hybridized carbons (Fsp3) is 0.467. The molecule has 2 aromatic rings. The predicted molar refractivity (Wildman–Crippen MR) is 72.2 cm³/mol. The topological polar surface area (TPSA) is 30.9 Å². The molecular formula is C15H20N2. The molecule has 0 aliphatic heterocycles. The number of hydrogen-bond acceptors (Lipinski definition) is 1. The number of nitrogens with two attached hydrogens (primary N) is 1. The average Bonchev–Trinajstić information content (AvgIpc) is 2.93. The highest BCUT2D eigenvalue weighted by Crippen LogP contribution is 2.31. The van der Waals surface area contributed by atoms with Crippen molar-refractivity contribution in [3.63, 3.8) is 0 Å². The van der Waals surface area contributed by atoms with Gasteiger partial charge in [0.25, 0.3) is 0 Å². The molecule has 4 rings (SSSR count). The van der Waals surface area contributed by atoms with E-state index in [1.54, 1.807) is 11.3 Å². The summed E-state index contributed by atoms with van der Waals surface area (Å²) in [4.78, 5) is 0. The van der Waals surface area contributed by atoms with Gasteiger partial charge in [-0.2, -0.15) is 0 Å². The van der Waals surface area contributed by atoms with Crippen molar-refractivity contribution in [2.45, 2.75) is 38.1 Å². The molecule has 0 radical (unpaired) electrons. The summed E-state index contributed by atoms with van der Waals surface area (Å²) in [7, 11) is 2.19. The molecule has 0 atom stereocenters. The summed E-state index contributed by atoms with van der Waals surface area (Å²) < 4.78 is 2.36. The van der Waals surface area contributed by atoms with Crippen molar-refractivity contribution in [1.82, 2.24) is 4.57 Å². The first-order valence-corrected chi connectivity index (χ1v) is 6.58. The zero-order valence-electron chi connectivity index (χ0n) is 10.4. The summed E-state index contributed by atoms with van der Waals surface area (Å²) in [6.07, 6.45) is 6.40. The molecule has 0 amide bonds. The average molecular weight is 228 g/mol. The maximum Gasteiger partial charge on any atom is 0.0482 e. The Morgan fingerprint density at radius 2 is 1.88 bits per heavy atom. The second-order valence-electron chi connectivity index (χ2n) is 5.19. The Morgan fingerprint density at radius 3 is 2.59 bits per heavy atom. The van der Waals surface area contributed by atoms with Gasteiger partial charge in [0.05, 0.1) is 0 Å². The van der Waals surface area contributed by atoms with Gasteiger partial charge in [-0.1, -0.05) is 18.2 Å². The Labute approximate surface area is 102 Å². The van der Waals surface area contributed by atoms with Crippen LogP contribution in [0.5, 0.6) is 0 Å². The number of rotatable bonds is 0. The summed E-state index contributed by atoms with van der Waals surface area (Å²) in [6.45, 7) is 0. The third kappa shape index (κ3) is 1.98. The van der Waals surface area contributed by atoms with Crippen molar-refractivity contribution in [1.29, 1.82) is 0 Å². The highest BCUT2D eigenvalue weighted by atomic mass is 15.0. The maximum atomic E-state index is 5.22. The summed E-state index contributed by atoms with van der Waals surface area (Å²) >= 11 is 0. The quantitative estimate of drug-likeness (QED) is 0.738. The molecule has 2 aliphatic rings. The minimum absolute atomic E-state index is 0.583. The summed E-state index contributed by atoms with van der Waals surface area (Å²) in [5, 5.41) is 1.47. The second kappa shape index (κ2) is 4.19. The van der Waals surface area contributed by atoms with E-state index in [9.17, 15) is 0 Å². The van der Waals surface area contributed by atoms with Crippen LogP contribution in [0.1, 0.15) is 30.5 Å². The van der Waals surface area contributed by atoms with Crippen LogP contribution in [0.3, 0.4) is 0 Å². The molecule has 90 valence electrons. The summed E-state index contributed by atoms with van der Waals surface area (Å²) in [6, 6.07) is 9.31. The van der Waals surface area contributed by atoms with E-state index in [2.05, 4.69) is 35.9 Å². The van der Waals surface area contributed by atoms with Crippen LogP contribution in [0.2, 0.25) is 0 Å². The summed E-state index contributed by atoms with van der Waals surface area (Å²) in [5.74, 6) is 0. The molecule has 1 fully saturated rings. The van der Waals surface area contributed by atoms with Crippen molar-refractivity contribution in [3.8, 4) is 0 Å². The highest BCUT2D eigenvalue weighted by molar-refractivity contribution is 5.86. The van der Waals surface area contributed by atoms with E-state index in [0.29, 0.717) is 6.04 Å². The van der Waals surface area contributed by atoms with Gasteiger partial charge in [0.1, 0.15) is 0 Å². The maximum absolute atomic E-state index is 5.22. The zero-order chi connectivity index (χ0) is 11.8. The van der Waals surface area contributed by atoms with E-state index in [1.165, 1.54) is 43.0 Å². The molecule has 0 bridgehead atoms.